The standard InChI is InChI=1S/C38H41N5O4/c39-33(24-29-25-40-34-16-10-8-15-32(29)34)38(46)42-35-17-11-9-14-31(35)28-20-22-30(23-21-28)41-36(44)18-6-1-2-7-19-37(45)43-47-26-27-12-4-3-5-13-27/h3-5,8-17,20-23,25,33,40H,1-2,6-7,18-19,24,26,39H2,(H,41,44)(H,42,46)(H,43,45)/t33-/m0/s1. The molecule has 242 valence electrons. The molecule has 6 N–H and O–H groups in total. The molecule has 3 amide bonds. The number of para-hydroxylation sites is 2. The molecule has 0 saturated heterocycles. The van der Waals surface area contributed by atoms with Gasteiger partial charge in [-0.15, -0.1) is 0 Å². The molecule has 1 aromatic heterocycles. The molecule has 0 aliphatic heterocycles. The van der Waals surface area contributed by atoms with Crippen LogP contribution in [0.1, 0.15) is 49.7 Å². The van der Waals surface area contributed by atoms with Gasteiger partial charge >= 0.3 is 0 Å². The number of hydroxylamine groups is 1. The molecule has 47 heavy (non-hydrogen) atoms. The SMILES string of the molecule is N[C@@H](Cc1c[nH]c2ccccc12)C(=O)Nc1ccccc1-c1ccc(NC(=O)CCCCCCC(=O)NOCc2ccccc2)cc1. The largest absolute Gasteiger partial charge is 0.361 e. The summed E-state index contributed by atoms with van der Waals surface area (Å²) in [5, 5.41) is 7.02. The second-order valence-electron chi connectivity index (χ2n) is 11.5. The van der Waals surface area contributed by atoms with Crippen molar-refractivity contribution in [2.24, 2.45) is 5.73 Å². The molecule has 5 aromatic rings. The van der Waals surface area contributed by atoms with Crippen LogP contribution in [0.25, 0.3) is 22.0 Å². The highest BCUT2D eigenvalue weighted by Gasteiger charge is 2.18. The molecule has 0 radical (unpaired) electrons. The lowest BCUT2D eigenvalue weighted by Gasteiger charge is -2.15. The van der Waals surface area contributed by atoms with E-state index in [1.807, 2.05) is 109 Å². The number of amides is 3. The summed E-state index contributed by atoms with van der Waals surface area (Å²) in [7, 11) is 0. The minimum atomic E-state index is -0.718. The summed E-state index contributed by atoms with van der Waals surface area (Å²) in [5.41, 5.74) is 14.9. The molecule has 9 heteroatoms. The number of nitrogens with two attached hydrogens (primary N) is 1. The van der Waals surface area contributed by atoms with Crippen LogP contribution in [0.3, 0.4) is 0 Å². The first-order chi connectivity index (χ1) is 23.0. The first-order valence-electron chi connectivity index (χ1n) is 16.0. The van der Waals surface area contributed by atoms with Crippen molar-refractivity contribution in [2.75, 3.05) is 10.6 Å². The number of unbranched alkanes of at least 4 members (excludes halogenated alkanes) is 3. The Morgan fingerprint density at radius 1 is 0.723 bits per heavy atom. The number of aromatic amines is 1. The second kappa shape index (κ2) is 16.9. The number of anilines is 2. The van der Waals surface area contributed by atoms with Gasteiger partial charge in [-0.1, -0.05) is 91.7 Å². The molecular formula is C38H41N5O4. The van der Waals surface area contributed by atoms with Gasteiger partial charge < -0.3 is 21.4 Å². The zero-order valence-corrected chi connectivity index (χ0v) is 26.3. The van der Waals surface area contributed by atoms with Gasteiger partial charge in [0.25, 0.3) is 0 Å². The van der Waals surface area contributed by atoms with E-state index in [2.05, 4.69) is 21.1 Å². The normalized spacial score (nSPS) is 11.6. The number of carbonyl (C=O) groups is 3. The van der Waals surface area contributed by atoms with E-state index in [0.717, 1.165) is 58.8 Å². The smallest absolute Gasteiger partial charge is 0.243 e. The fraction of sp³-hybridized carbons (Fsp3) is 0.237. The van der Waals surface area contributed by atoms with E-state index >= 15 is 0 Å². The molecule has 0 aliphatic carbocycles. The van der Waals surface area contributed by atoms with Crippen LogP contribution in [0.4, 0.5) is 11.4 Å². The van der Waals surface area contributed by atoms with Crippen molar-refractivity contribution in [3.8, 4) is 11.1 Å². The molecule has 0 aliphatic rings. The van der Waals surface area contributed by atoms with Crippen LogP contribution < -0.4 is 21.8 Å². The monoisotopic (exact) mass is 631 g/mol. The molecule has 0 saturated carbocycles. The Bertz CT molecular complexity index is 1770. The van der Waals surface area contributed by atoms with Crippen molar-refractivity contribution < 1.29 is 19.2 Å². The van der Waals surface area contributed by atoms with Crippen molar-refractivity contribution in [3.05, 3.63) is 120 Å². The lowest BCUT2D eigenvalue weighted by Crippen LogP contribution is -2.37. The summed E-state index contributed by atoms with van der Waals surface area (Å²) in [6, 6.07) is 32.0. The molecule has 1 heterocycles. The first-order valence-corrected chi connectivity index (χ1v) is 16.0. The van der Waals surface area contributed by atoms with Crippen LogP contribution in [-0.2, 0) is 32.2 Å². The summed E-state index contributed by atoms with van der Waals surface area (Å²) in [6.07, 6.45) is 6.30. The molecule has 0 unspecified atom stereocenters. The Morgan fingerprint density at radius 3 is 2.19 bits per heavy atom. The summed E-state index contributed by atoms with van der Waals surface area (Å²) < 4.78 is 0. The third-order valence-electron chi connectivity index (χ3n) is 7.94. The lowest BCUT2D eigenvalue weighted by molar-refractivity contribution is -0.134. The summed E-state index contributed by atoms with van der Waals surface area (Å²) >= 11 is 0. The number of nitrogens with one attached hydrogen (secondary N) is 4. The van der Waals surface area contributed by atoms with Crippen LogP contribution in [-0.4, -0.2) is 28.7 Å². The highest BCUT2D eigenvalue weighted by molar-refractivity contribution is 5.99. The number of hydrogen-bond acceptors (Lipinski definition) is 5. The van der Waals surface area contributed by atoms with Gasteiger partial charge in [0, 0.05) is 46.9 Å². The number of H-pyrrole nitrogens is 1. The van der Waals surface area contributed by atoms with Crippen LogP contribution in [0.2, 0.25) is 0 Å². The van der Waals surface area contributed by atoms with Gasteiger partial charge in [0.2, 0.25) is 17.7 Å². The van der Waals surface area contributed by atoms with Gasteiger partial charge in [-0.3, -0.25) is 19.2 Å². The van der Waals surface area contributed by atoms with Gasteiger partial charge in [0.05, 0.1) is 12.6 Å². The Kier molecular flexibility index (Phi) is 11.9. The highest BCUT2D eigenvalue weighted by atomic mass is 16.6. The van der Waals surface area contributed by atoms with E-state index in [1.165, 1.54) is 0 Å². The molecule has 0 fully saturated rings. The summed E-state index contributed by atoms with van der Waals surface area (Å²) in [5.74, 6) is -0.457. The average Bonchev–Trinajstić information content (AvgIpc) is 3.50. The average molecular weight is 632 g/mol. The molecule has 0 bridgehead atoms. The fourth-order valence-corrected chi connectivity index (χ4v) is 5.41. The van der Waals surface area contributed by atoms with Gasteiger partial charge in [0.1, 0.15) is 0 Å². The molecular weight excluding hydrogens is 590 g/mol. The zero-order valence-electron chi connectivity index (χ0n) is 26.3. The van der Waals surface area contributed by atoms with Crippen LogP contribution in [0.5, 0.6) is 0 Å². The van der Waals surface area contributed by atoms with Gasteiger partial charge in [-0.2, -0.15) is 0 Å². The number of aromatic nitrogens is 1. The Balaban J connectivity index is 1.02. The molecule has 0 spiro atoms. The third-order valence-corrected chi connectivity index (χ3v) is 7.94. The van der Waals surface area contributed by atoms with E-state index in [1.54, 1.807) is 0 Å². The van der Waals surface area contributed by atoms with E-state index in [-0.39, 0.29) is 17.7 Å². The van der Waals surface area contributed by atoms with Gasteiger partial charge in [-0.05, 0) is 60.2 Å². The predicted octanol–water partition coefficient (Wildman–Crippen LogP) is 6.87. The van der Waals surface area contributed by atoms with E-state index in [4.69, 9.17) is 10.6 Å². The van der Waals surface area contributed by atoms with Crippen molar-refractivity contribution in [1.29, 1.82) is 0 Å². The molecule has 1 atom stereocenters. The van der Waals surface area contributed by atoms with E-state index in [9.17, 15) is 14.4 Å². The van der Waals surface area contributed by atoms with E-state index < -0.39 is 6.04 Å². The summed E-state index contributed by atoms with van der Waals surface area (Å²) in [4.78, 5) is 46.0. The third kappa shape index (κ3) is 9.87. The van der Waals surface area contributed by atoms with Crippen molar-refractivity contribution in [1.82, 2.24) is 10.5 Å². The van der Waals surface area contributed by atoms with Crippen LogP contribution in [0.15, 0.2) is 109 Å². The zero-order chi connectivity index (χ0) is 32.8. The Labute approximate surface area is 274 Å². The minimum absolute atomic E-state index is 0.0540. The predicted molar refractivity (Wildman–Crippen MR) is 186 cm³/mol. The fourth-order valence-electron chi connectivity index (χ4n) is 5.41. The van der Waals surface area contributed by atoms with Gasteiger partial charge in [0.15, 0.2) is 0 Å². The maximum Gasteiger partial charge on any atom is 0.243 e. The summed E-state index contributed by atoms with van der Waals surface area (Å²) in [6.45, 7) is 0.332. The number of rotatable bonds is 16. The number of fused-ring (bicyclic) bond motifs is 1. The molecule has 9 nitrogen and oxygen atoms in total. The molecule has 5 rings (SSSR count). The Morgan fingerprint density at radius 2 is 1.40 bits per heavy atom. The van der Waals surface area contributed by atoms with Gasteiger partial charge in [-0.25, -0.2) is 5.48 Å². The number of carbonyl (C=O) groups excluding carboxylic acids is 3. The Hall–Kier alpha value is -5.25. The lowest BCUT2D eigenvalue weighted by atomic mass is 10.0. The van der Waals surface area contributed by atoms with E-state index in [0.29, 0.717) is 37.2 Å². The minimum Gasteiger partial charge on any atom is -0.361 e. The molecule has 4 aromatic carbocycles. The maximum absolute atomic E-state index is 13.1. The maximum atomic E-state index is 13.1. The van der Waals surface area contributed by atoms with Crippen LogP contribution in [0, 0.1) is 0 Å². The second-order valence-corrected chi connectivity index (χ2v) is 11.5. The highest BCUT2D eigenvalue weighted by Crippen LogP contribution is 2.29. The van der Waals surface area contributed by atoms with Crippen molar-refractivity contribution in [2.45, 2.75) is 57.6 Å². The number of benzene rings is 4. The van der Waals surface area contributed by atoms with Crippen molar-refractivity contribution in [3.63, 3.8) is 0 Å². The topological polar surface area (TPSA) is 138 Å². The van der Waals surface area contributed by atoms with Crippen LogP contribution >= 0.6 is 0 Å². The van der Waals surface area contributed by atoms with Crippen molar-refractivity contribution >= 4 is 40.0 Å². The first kappa shape index (κ1) is 33.1. The number of hydrogen-bond donors (Lipinski definition) is 5. The quantitative estimate of drug-likeness (QED) is 0.0598.